The van der Waals surface area contributed by atoms with E-state index in [0.29, 0.717) is 6.07 Å². The van der Waals surface area contributed by atoms with Crippen molar-refractivity contribution in [2.24, 2.45) is 0 Å². The highest BCUT2D eigenvalue weighted by molar-refractivity contribution is 9.09. The number of rotatable bonds is 3. The van der Waals surface area contributed by atoms with Gasteiger partial charge in [-0.2, -0.15) is 13.2 Å². The van der Waals surface area contributed by atoms with Crippen molar-refractivity contribution in [1.82, 2.24) is 0 Å². The Morgan fingerprint density at radius 1 is 1.24 bits per heavy atom. The Bertz CT molecular complexity index is 395. The molecule has 1 rings (SSSR count). The maximum absolute atomic E-state index is 12.5. The van der Waals surface area contributed by atoms with Gasteiger partial charge < -0.3 is 15.3 Å². The first-order valence-corrected chi connectivity index (χ1v) is 5.71. The van der Waals surface area contributed by atoms with Gasteiger partial charge in [-0.15, -0.1) is 0 Å². The summed E-state index contributed by atoms with van der Waals surface area (Å²) in [5, 5.41) is 27.9. The molecule has 0 fully saturated rings. The van der Waals surface area contributed by atoms with E-state index in [-0.39, 0.29) is 10.9 Å². The number of hydrogen-bond acceptors (Lipinski definition) is 3. The standard InChI is InChI=1S/C10H10BrF3O3/c11-4-8(16)9(17)5-1-2-7(15)6(3-5)10(12,13)14/h1-3,8-9,15-17H,4H2. The molecule has 0 spiro atoms. The normalized spacial score (nSPS) is 15.6. The molecule has 7 heteroatoms. The first-order valence-electron chi connectivity index (χ1n) is 4.59. The minimum Gasteiger partial charge on any atom is -0.507 e. The average Bonchev–Trinajstić information content (AvgIpc) is 2.26. The molecule has 2 unspecified atom stereocenters. The molecule has 0 aliphatic carbocycles. The van der Waals surface area contributed by atoms with Crippen molar-refractivity contribution in [3.8, 4) is 5.75 Å². The third kappa shape index (κ3) is 3.34. The van der Waals surface area contributed by atoms with Crippen LogP contribution >= 0.6 is 15.9 Å². The molecule has 0 aliphatic heterocycles. The third-order valence-electron chi connectivity index (χ3n) is 2.19. The Hall–Kier alpha value is -0.790. The first kappa shape index (κ1) is 14.3. The van der Waals surface area contributed by atoms with Crippen LogP contribution < -0.4 is 0 Å². The van der Waals surface area contributed by atoms with Gasteiger partial charge in [0.2, 0.25) is 0 Å². The lowest BCUT2D eigenvalue weighted by Gasteiger charge is -2.18. The highest BCUT2D eigenvalue weighted by atomic mass is 79.9. The van der Waals surface area contributed by atoms with E-state index < -0.39 is 29.7 Å². The summed E-state index contributed by atoms with van der Waals surface area (Å²) in [4.78, 5) is 0. The highest BCUT2D eigenvalue weighted by Gasteiger charge is 2.34. The maximum Gasteiger partial charge on any atom is 0.419 e. The topological polar surface area (TPSA) is 60.7 Å². The molecule has 0 saturated heterocycles. The second kappa shape index (κ2) is 5.24. The lowest BCUT2D eigenvalue weighted by Crippen LogP contribution is -2.20. The van der Waals surface area contributed by atoms with Gasteiger partial charge in [0, 0.05) is 5.33 Å². The molecule has 0 amide bonds. The summed E-state index contributed by atoms with van der Waals surface area (Å²) < 4.78 is 37.4. The van der Waals surface area contributed by atoms with Crippen molar-refractivity contribution >= 4 is 15.9 Å². The molecule has 3 nitrogen and oxygen atoms in total. The molecule has 0 heterocycles. The fourth-order valence-electron chi connectivity index (χ4n) is 1.27. The zero-order valence-electron chi connectivity index (χ0n) is 8.45. The van der Waals surface area contributed by atoms with Gasteiger partial charge in [-0.3, -0.25) is 0 Å². The quantitative estimate of drug-likeness (QED) is 0.750. The van der Waals surface area contributed by atoms with Crippen molar-refractivity contribution in [1.29, 1.82) is 0 Å². The summed E-state index contributed by atoms with van der Waals surface area (Å²) in [7, 11) is 0. The monoisotopic (exact) mass is 314 g/mol. The van der Waals surface area contributed by atoms with Crippen LogP contribution in [0.4, 0.5) is 13.2 Å². The van der Waals surface area contributed by atoms with Gasteiger partial charge in [0.05, 0.1) is 11.7 Å². The van der Waals surface area contributed by atoms with Crippen molar-refractivity contribution in [3.05, 3.63) is 29.3 Å². The van der Waals surface area contributed by atoms with E-state index in [2.05, 4.69) is 15.9 Å². The lowest BCUT2D eigenvalue weighted by molar-refractivity contribution is -0.138. The SMILES string of the molecule is Oc1ccc(C(O)C(O)CBr)cc1C(F)(F)F. The van der Waals surface area contributed by atoms with Gasteiger partial charge in [-0.05, 0) is 17.7 Å². The fourth-order valence-corrected chi connectivity index (χ4v) is 1.63. The lowest BCUT2D eigenvalue weighted by atomic mass is 10.0. The molecule has 17 heavy (non-hydrogen) atoms. The van der Waals surface area contributed by atoms with Crippen LogP contribution in [0.2, 0.25) is 0 Å². The van der Waals surface area contributed by atoms with E-state index in [1.165, 1.54) is 0 Å². The van der Waals surface area contributed by atoms with Crippen LogP contribution in [0.5, 0.6) is 5.75 Å². The number of aliphatic hydroxyl groups is 2. The molecule has 0 saturated carbocycles. The van der Waals surface area contributed by atoms with Crippen LogP contribution in [-0.4, -0.2) is 26.8 Å². The van der Waals surface area contributed by atoms with Crippen molar-refractivity contribution in [2.75, 3.05) is 5.33 Å². The predicted molar refractivity (Wildman–Crippen MR) is 57.9 cm³/mol. The van der Waals surface area contributed by atoms with Gasteiger partial charge in [-0.1, -0.05) is 22.0 Å². The molecule has 0 bridgehead atoms. The van der Waals surface area contributed by atoms with Gasteiger partial charge in [0.1, 0.15) is 11.9 Å². The maximum atomic E-state index is 12.5. The minimum absolute atomic E-state index is 0.0242. The van der Waals surface area contributed by atoms with Crippen LogP contribution in [0.1, 0.15) is 17.2 Å². The number of halogens is 4. The molecule has 0 aliphatic rings. The zero-order chi connectivity index (χ0) is 13.2. The summed E-state index contributed by atoms with van der Waals surface area (Å²) in [6.07, 6.45) is -7.38. The molecule has 0 aromatic heterocycles. The summed E-state index contributed by atoms with van der Waals surface area (Å²) in [5.41, 5.74) is -1.35. The molecule has 2 atom stereocenters. The minimum atomic E-state index is -4.71. The zero-order valence-corrected chi connectivity index (χ0v) is 10.0. The third-order valence-corrected chi connectivity index (χ3v) is 2.85. The van der Waals surface area contributed by atoms with E-state index in [4.69, 9.17) is 5.11 Å². The number of phenols is 1. The van der Waals surface area contributed by atoms with Crippen LogP contribution in [-0.2, 0) is 6.18 Å². The van der Waals surface area contributed by atoms with E-state index in [0.717, 1.165) is 12.1 Å². The number of benzene rings is 1. The largest absolute Gasteiger partial charge is 0.507 e. The van der Waals surface area contributed by atoms with E-state index in [9.17, 15) is 23.4 Å². The molecule has 0 radical (unpaired) electrons. The second-order valence-electron chi connectivity index (χ2n) is 3.44. The molecule has 1 aromatic carbocycles. The molecular weight excluding hydrogens is 305 g/mol. The van der Waals surface area contributed by atoms with Gasteiger partial charge in [-0.25, -0.2) is 0 Å². The Labute approximate surface area is 104 Å². The Kier molecular flexibility index (Phi) is 4.40. The number of hydrogen-bond donors (Lipinski definition) is 3. The van der Waals surface area contributed by atoms with E-state index in [1.54, 1.807) is 0 Å². The van der Waals surface area contributed by atoms with Crippen molar-refractivity contribution in [2.45, 2.75) is 18.4 Å². The molecule has 1 aromatic rings. The average molecular weight is 315 g/mol. The van der Waals surface area contributed by atoms with E-state index in [1.807, 2.05) is 0 Å². The van der Waals surface area contributed by atoms with Gasteiger partial charge >= 0.3 is 6.18 Å². The predicted octanol–water partition coefficient (Wildman–Crippen LogP) is 2.20. The summed E-state index contributed by atoms with van der Waals surface area (Å²) in [6, 6.07) is 2.58. The van der Waals surface area contributed by atoms with E-state index >= 15 is 0 Å². The van der Waals surface area contributed by atoms with Gasteiger partial charge in [0.15, 0.2) is 0 Å². The number of alkyl halides is 4. The Morgan fingerprint density at radius 3 is 2.29 bits per heavy atom. The van der Waals surface area contributed by atoms with Crippen LogP contribution in [0.25, 0.3) is 0 Å². The Morgan fingerprint density at radius 2 is 1.82 bits per heavy atom. The fraction of sp³-hybridized carbons (Fsp3) is 0.400. The highest BCUT2D eigenvalue weighted by Crippen LogP contribution is 2.37. The smallest absolute Gasteiger partial charge is 0.419 e. The van der Waals surface area contributed by atoms with Gasteiger partial charge in [0.25, 0.3) is 0 Å². The number of aliphatic hydroxyl groups excluding tert-OH is 2. The van der Waals surface area contributed by atoms with Crippen LogP contribution in [0, 0.1) is 0 Å². The summed E-state index contributed by atoms with van der Waals surface area (Å²) in [5.74, 6) is -0.915. The summed E-state index contributed by atoms with van der Waals surface area (Å²) in [6.45, 7) is 0. The number of aromatic hydroxyl groups is 1. The van der Waals surface area contributed by atoms with Crippen LogP contribution in [0.3, 0.4) is 0 Å². The second-order valence-corrected chi connectivity index (χ2v) is 4.09. The van der Waals surface area contributed by atoms with Crippen LogP contribution in [0.15, 0.2) is 18.2 Å². The number of phenolic OH excluding ortho intramolecular Hbond substituents is 1. The molecular formula is C10H10BrF3O3. The van der Waals surface area contributed by atoms with Crippen molar-refractivity contribution < 1.29 is 28.5 Å². The molecule has 3 N–H and O–H groups in total. The van der Waals surface area contributed by atoms with Crippen molar-refractivity contribution in [3.63, 3.8) is 0 Å². The Balaban J connectivity index is 3.13. The first-order chi connectivity index (χ1) is 7.77. The summed E-state index contributed by atoms with van der Waals surface area (Å²) >= 11 is 2.90. The molecule has 96 valence electrons.